The number of nitrogens with one attached hydrogen (secondary N) is 1. The van der Waals surface area contributed by atoms with Crippen molar-refractivity contribution < 1.29 is 23.9 Å². The monoisotopic (exact) mass is 301 g/mol. The first-order chi connectivity index (χ1) is 9.99. The normalized spacial score (nSPS) is 19.2. The maximum Gasteiger partial charge on any atom is 0.305 e. The first-order valence-corrected chi connectivity index (χ1v) is 7.05. The van der Waals surface area contributed by atoms with E-state index in [0.717, 1.165) is 6.42 Å². The first kappa shape index (κ1) is 17.4. The van der Waals surface area contributed by atoms with Crippen LogP contribution in [0.15, 0.2) is 0 Å². The van der Waals surface area contributed by atoms with E-state index in [1.807, 2.05) is 0 Å². The Kier molecular flexibility index (Phi) is 7.10. The Hall–Kier alpha value is -1.67. The number of rotatable bonds is 7. The van der Waals surface area contributed by atoms with E-state index >= 15 is 0 Å². The Morgan fingerprint density at radius 1 is 1.43 bits per heavy atom. The summed E-state index contributed by atoms with van der Waals surface area (Å²) in [7, 11) is 0. The van der Waals surface area contributed by atoms with Crippen LogP contribution in [0.2, 0.25) is 0 Å². The van der Waals surface area contributed by atoms with Gasteiger partial charge in [-0.15, -0.1) is 0 Å². The van der Waals surface area contributed by atoms with Crippen molar-refractivity contribution in [1.29, 1.82) is 0 Å². The summed E-state index contributed by atoms with van der Waals surface area (Å²) in [5.74, 6) is -1.01. The van der Waals surface area contributed by atoms with Gasteiger partial charge in [-0.2, -0.15) is 0 Å². The second kappa shape index (κ2) is 8.58. The minimum absolute atomic E-state index is 0.0490. The number of amides is 2. The molecule has 21 heavy (non-hydrogen) atoms. The molecule has 0 radical (unpaired) electrons. The molecule has 0 unspecified atom stereocenters. The fraction of sp³-hybridized carbons (Fsp3) is 0.769. The number of carbonyl (C=O) groups is 3. The summed E-state index contributed by atoms with van der Waals surface area (Å²) in [5.41, 5.74) is 5.33. The second-order valence-electron chi connectivity index (χ2n) is 4.69. The van der Waals surface area contributed by atoms with Crippen molar-refractivity contribution in [3.05, 3.63) is 0 Å². The molecule has 1 rings (SSSR count). The zero-order valence-electron chi connectivity index (χ0n) is 12.5. The fourth-order valence-corrected chi connectivity index (χ4v) is 2.26. The van der Waals surface area contributed by atoms with E-state index < -0.39 is 18.3 Å². The van der Waals surface area contributed by atoms with Gasteiger partial charge in [0.2, 0.25) is 18.1 Å². The van der Waals surface area contributed by atoms with Crippen LogP contribution in [0.1, 0.15) is 26.7 Å². The number of ether oxygens (including phenoxy) is 2. The van der Waals surface area contributed by atoms with Crippen molar-refractivity contribution in [2.45, 2.75) is 39.0 Å². The number of nitrogens with zero attached hydrogens (tertiary/aromatic N) is 1. The SMILES string of the molecule is CCO[C@@H](CNC(=O)[C@@H]1CCCN1C(=O)CN)OC(C)=O. The van der Waals surface area contributed by atoms with Gasteiger partial charge in [-0.25, -0.2) is 0 Å². The highest BCUT2D eigenvalue weighted by Gasteiger charge is 2.33. The van der Waals surface area contributed by atoms with Crippen LogP contribution in [0, 0.1) is 0 Å². The van der Waals surface area contributed by atoms with Gasteiger partial charge in [-0.05, 0) is 19.8 Å². The lowest BCUT2D eigenvalue weighted by Gasteiger charge is -2.24. The van der Waals surface area contributed by atoms with Crippen LogP contribution >= 0.6 is 0 Å². The van der Waals surface area contributed by atoms with Gasteiger partial charge >= 0.3 is 5.97 Å². The smallest absolute Gasteiger partial charge is 0.305 e. The molecular weight excluding hydrogens is 278 g/mol. The number of hydrogen-bond acceptors (Lipinski definition) is 6. The van der Waals surface area contributed by atoms with Gasteiger partial charge in [0.1, 0.15) is 6.04 Å². The highest BCUT2D eigenvalue weighted by molar-refractivity contribution is 5.88. The third-order valence-corrected chi connectivity index (χ3v) is 3.14. The summed E-state index contributed by atoms with van der Waals surface area (Å²) in [4.78, 5) is 36.2. The Bertz CT molecular complexity index is 388. The predicted molar refractivity (Wildman–Crippen MR) is 74.0 cm³/mol. The van der Waals surface area contributed by atoms with Crippen molar-refractivity contribution in [2.75, 3.05) is 26.2 Å². The van der Waals surface area contributed by atoms with E-state index in [1.54, 1.807) is 6.92 Å². The Morgan fingerprint density at radius 2 is 2.14 bits per heavy atom. The van der Waals surface area contributed by atoms with Crippen molar-refractivity contribution in [3.8, 4) is 0 Å². The average molecular weight is 301 g/mol. The molecule has 3 N–H and O–H groups in total. The lowest BCUT2D eigenvalue weighted by atomic mass is 10.2. The molecule has 1 aliphatic rings. The molecule has 0 aromatic heterocycles. The van der Waals surface area contributed by atoms with Gasteiger partial charge in [0.25, 0.3) is 0 Å². The quantitative estimate of drug-likeness (QED) is 0.460. The molecule has 0 aromatic rings. The Morgan fingerprint density at radius 3 is 2.71 bits per heavy atom. The molecule has 8 heteroatoms. The van der Waals surface area contributed by atoms with Gasteiger partial charge in [0.15, 0.2) is 0 Å². The number of carbonyl (C=O) groups excluding carboxylic acids is 3. The Labute approximate surface area is 123 Å². The summed E-state index contributed by atoms with van der Waals surface area (Å²) in [6.45, 7) is 3.86. The summed E-state index contributed by atoms with van der Waals surface area (Å²) >= 11 is 0. The molecule has 1 aliphatic heterocycles. The summed E-state index contributed by atoms with van der Waals surface area (Å²) in [5, 5.41) is 2.65. The number of nitrogens with two attached hydrogens (primary N) is 1. The van der Waals surface area contributed by atoms with Gasteiger partial charge in [0, 0.05) is 20.1 Å². The van der Waals surface area contributed by atoms with E-state index in [2.05, 4.69) is 5.32 Å². The molecule has 0 aliphatic carbocycles. The zero-order chi connectivity index (χ0) is 15.8. The number of esters is 1. The standard InChI is InChI=1S/C13H23N3O5/c1-3-20-12(21-9(2)17)8-15-13(19)10-5-4-6-16(10)11(18)7-14/h10,12H,3-8,14H2,1-2H3,(H,15,19)/t10-,12+/m0/s1. The maximum absolute atomic E-state index is 12.1. The van der Waals surface area contributed by atoms with Gasteiger partial charge in [-0.3, -0.25) is 14.4 Å². The van der Waals surface area contributed by atoms with Gasteiger partial charge in [-0.1, -0.05) is 0 Å². The lowest BCUT2D eigenvalue weighted by molar-refractivity contribution is -0.175. The van der Waals surface area contributed by atoms with Crippen molar-refractivity contribution in [1.82, 2.24) is 10.2 Å². The minimum Gasteiger partial charge on any atom is -0.434 e. The van der Waals surface area contributed by atoms with Crippen molar-refractivity contribution in [3.63, 3.8) is 0 Å². The van der Waals surface area contributed by atoms with Crippen LogP contribution in [0.25, 0.3) is 0 Å². The van der Waals surface area contributed by atoms with E-state index in [9.17, 15) is 14.4 Å². The molecule has 1 heterocycles. The zero-order valence-corrected chi connectivity index (χ0v) is 12.5. The third-order valence-electron chi connectivity index (χ3n) is 3.14. The minimum atomic E-state index is -0.823. The molecule has 2 amide bonds. The van der Waals surface area contributed by atoms with E-state index in [4.69, 9.17) is 15.2 Å². The predicted octanol–water partition coefficient (Wildman–Crippen LogP) is -1.02. The molecule has 2 atom stereocenters. The van der Waals surface area contributed by atoms with E-state index in [-0.39, 0.29) is 24.9 Å². The van der Waals surface area contributed by atoms with E-state index in [1.165, 1.54) is 11.8 Å². The van der Waals surface area contributed by atoms with Crippen molar-refractivity contribution in [2.24, 2.45) is 5.73 Å². The molecule has 1 fully saturated rings. The van der Waals surface area contributed by atoms with Crippen LogP contribution in [0.4, 0.5) is 0 Å². The largest absolute Gasteiger partial charge is 0.434 e. The maximum atomic E-state index is 12.1. The van der Waals surface area contributed by atoms with Gasteiger partial charge in [0.05, 0.1) is 13.1 Å². The molecule has 120 valence electrons. The molecule has 8 nitrogen and oxygen atoms in total. The Balaban J connectivity index is 2.51. The number of likely N-dealkylation sites (tertiary alicyclic amines) is 1. The molecular formula is C13H23N3O5. The first-order valence-electron chi connectivity index (χ1n) is 7.05. The lowest BCUT2D eigenvalue weighted by Crippen LogP contribution is -2.49. The second-order valence-corrected chi connectivity index (χ2v) is 4.69. The van der Waals surface area contributed by atoms with Crippen LogP contribution in [-0.4, -0.2) is 61.3 Å². The fourth-order valence-electron chi connectivity index (χ4n) is 2.26. The van der Waals surface area contributed by atoms with Crippen LogP contribution in [-0.2, 0) is 23.9 Å². The van der Waals surface area contributed by atoms with E-state index in [0.29, 0.717) is 19.6 Å². The highest BCUT2D eigenvalue weighted by atomic mass is 16.7. The van der Waals surface area contributed by atoms with Crippen molar-refractivity contribution >= 4 is 17.8 Å². The molecule has 0 bridgehead atoms. The molecule has 1 saturated heterocycles. The molecule has 0 saturated carbocycles. The summed E-state index contributed by atoms with van der Waals surface area (Å²) in [6, 6.07) is -0.513. The van der Waals surface area contributed by atoms with Crippen LogP contribution in [0.5, 0.6) is 0 Å². The molecule has 0 spiro atoms. The van der Waals surface area contributed by atoms with Crippen LogP contribution < -0.4 is 11.1 Å². The molecule has 0 aromatic carbocycles. The number of hydrogen-bond donors (Lipinski definition) is 2. The third kappa shape index (κ3) is 5.31. The highest BCUT2D eigenvalue weighted by Crippen LogP contribution is 2.17. The topological polar surface area (TPSA) is 111 Å². The van der Waals surface area contributed by atoms with Gasteiger partial charge < -0.3 is 25.4 Å². The summed E-state index contributed by atoms with van der Waals surface area (Å²) < 4.78 is 10.1. The average Bonchev–Trinajstić information content (AvgIpc) is 2.92. The summed E-state index contributed by atoms with van der Waals surface area (Å²) in [6.07, 6.45) is 0.545. The van der Waals surface area contributed by atoms with Crippen LogP contribution in [0.3, 0.4) is 0 Å².